The molecule has 2 amide bonds. The Morgan fingerprint density at radius 1 is 1.24 bits per heavy atom. The predicted molar refractivity (Wildman–Crippen MR) is 80.1 cm³/mol. The van der Waals surface area contributed by atoms with Crippen LogP contribution >= 0.6 is 0 Å². The number of nitrogens with zero attached hydrogens (tertiary/aromatic N) is 1. The third-order valence-corrected chi connectivity index (χ3v) is 3.95. The molecule has 1 rings (SSSR count). The second kappa shape index (κ2) is 8.87. The zero-order valence-corrected chi connectivity index (χ0v) is 13.0. The summed E-state index contributed by atoms with van der Waals surface area (Å²) in [5, 5.41) is 20.5. The summed E-state index contributed by atoms with van der Waals surface area (Å²) in [6.07, 6.45) is 3.99. The molecule has 0 heterocycles. The Bertz CT molecular complexity index is 341. The minimum Gasteiger partial charge on any atom is -0.479 e. The fourth-order valence-corrected chi connectivity index (χ4v) is 2.60. The molecular formula is C15H28N2O4. The van der Waals surface area contributed by atoms with Crippen molar-refractivity contribution in [1.82, 2.24) is 10.2 Å². The first-order valence-electron chi connectivity index (χ1n) is 7.87. The zero-order valence-electron chi connectivity index (χ0n) is 13.0. The monoisotopic (exact) mass is 300 g/mol. The van der Waals surface area contributed by atoms with Gasteiger partial charge in [0.05, 0.1) is 0 Å². The van der Waals surface area contributed by atoms with Gasteiger partial charge in [-0.15, -0.1) is 0 Å². The fourth-order valence-electron chi connectivity index (χ4n) is 2.60. The zero-order chi connectivity index (χ0) is 15.8. The molecule has 0 radical (unpaired) electrons. The van der Waals surface area contributed by atoms with Gasteiger partial charge in [0.25, 0.3) is 0 Å². The Kier molecular flexibility index (Phi) is 7.50. The third kappa shape index (κ3) is 6.33. The second-order valence-corrected chi connectivity index (χ2v) is 6.19. The van der Waals surface area contributed by atoms with Crippen LogP contribution in [-0.2, 0) is 4.79 Å². The number of carboxylic acid groups (broad SMARTS) is 1. The number of amides is 2. The van der Waals surface area contributed by atoms with E-state index >= 15 is 0 Å². The maximum absolute atomic E-state index is 12.3. The molecule has 0 aliphatic heterocycles. The molecule has 1 aliphatic rings. The van der Waals surface area contributed by atoms with Gasteiger partial charge in [-0.1, -0.05) is 26.7 Å². The van der Waals surface area contributed by atoms with Crippen LogP contribution in [0.5, 0.6) is 0 Å². The fraction of sp³-hybridized carbons (Fsp3) is 0.867. The predicted octanol–water partition coefficient (Wildman–Crippen LogP) is 1.82. The molecule has 6 nitrogen and oxygen atoms in total. The van der Waals surface area contributed by atoms with Crippen molar-refractivity contribution in [2.24, 2.45) is 5.92 Å². The number of rotatable bonds is 8. The lowest BCUT2D eigenvalue weighted by atomic mass is 10.1. The third-order valence-electron chi connectivity index (χ3n) is 3.95. The number of carbonyl (C=O) groups is 2. The largest absolute Gasteiger partial charge is 0.479 e. The average molecular weight is 300 g/mol. The molecule has 6 heteroatoms. The van der Waals surface area contributed by atoms with E-state index < -0.39 is 12.1 Å². The Balaban J connectivity index is 2.44. The van der Waals surface area contributed by atoms with Gasteiger partial charge in [-0.25, -0.2) is 9.59 Å². The number of carboxylic acids is 1. The van der Waals surface area contributed by atoms with Crippen molar-refractivity contribution < 1.29 is 19.8 Å². The quantitative estimate of drug-likeness (QED) is 0.638. The van der Waals surface area contributed by atoms with Crippen LogP contribution in [0.1, 0.15) is 52.4 Å². The van der Waals surface area contributed by atoms with Gasteiger partial charge in [0.15, 0.2) is 6.10 Å². The Hall–Kier alpha value is -1.30. The highest BCUT2D eigenvalue weighted by Gasteiger charge is 2.26. The smallest absolute Gasteiger partial charge is 0.332 e. The highest BCUT2D eigenvalue weighted by molar-refractivity contribution is 5.75. The summed E-state index contributed by atoms with van der Waals surface area (Å²) < 4.78 is 0. The highest BCUT2D eigenvalue weighted by Crippen LogP contribution is 2.24. The molecule has 1 aliphatic carbocycles. The SMILES string of the molecule is CC(C)CCN(C(=O)NCCC(O)C(=O)O)C1CCCC1. The molecule has 1 atom stereocenters. The van der Waals surface area contributed by atoms with E-state index in [0.717, 1.165) is 38.6 Å². The van der Waals surface area contributed by atoms with Crippen LogP contribution in [0.2, 0.25) is 0 Å². The van der Waals surface area contributed by atoms with Gasteiger partial charge in [-0.05, 0) is 25.2 Å². The van der Waals surface area contributed by atoms with Crippen molar-refractivity contribution in [3.63, 3.8) is 0 Å². The normalized spacial score (nSPS) is 17.0. The Morgan fingerprint density at radius 3 is 2.38 bits per heavy atom. The van der Waals surface area contributed by atoms with Crippen molar-refractivity contribution in [1.29, 1.82) is 0 Å². The number of urea groups is 1. The lowest BCUT2D eigenvalue weighted by Crippen LogP contribution is -2.46. The summed E-state index contributed by atoms with van der Waals surface area (Å²) in [6.45, 7) is 5.18. The molecule has 0 aromatic heterocycles. The summed E-state index contributed by atoms with van der Waals surface area (Å²) in [7, 11) is 0. The average Bonchev–Trinajstić information content (AvgIpc) is 2.92. The van der Waals surface area contributed by atoms with E-state index in [9.17, 15) is 14.7 Å². The van der Waals surface area contributed by atoms with E-state index in [4.69, 9.17) is 5.11 Å². The second-order valence-electron chi connectivity index (χ2n) is 6.19. The van der Waals surface area contributed by atoms with Gasteiger partial charge in [0.2, 0.25) is 0 Å². The first-order chi connectivity index (χ1) is 9.91. The molecule has 0 saturated heterocycles. The van der Waals surface area contributed by atoms with Crippen molar-refractivity contribution in [2.75, 3.05) is 13.1 Å². The number of hydrogen-bond donors (Lipinski definition) is 3. The number of carbonyl (C=O) groups excluding carboxylic acids is 1. The number of aliphatic hydroxyl groups is 1. The summed E-state index contributed by atoms with van der Waals surface area (Å²) >= 11 is 0. The lowest BCUT2D eigenvalue weighted by molar-refractivity contribution is -0.146. The van der Waals surface area contributed by atoms with Crippen LogP contribution in [0.25, 0.3) is 0 Å². The van der Waals surface area contributed by atoms with Crippen molar-refractivity contribution in [3.05, 3.63) is 0 Å². The summed E-state index contributed by atoms with van der Waals surface area (Å²) in [6, 6.07) is 0.160. The highest BCUT2D eigenvalue weighted by atomic mass is 16.4. The molecule has 1 unspecified atom stereocenters. The Morgan fingerprint density at radius 2 is 1.86 bits per heavy atom. The van der Waals surface area contributed by atoms with Crippen LogP contribution in [0.4, 0.5) is 4.79 Å². The van der Waals surface area contributed by atoms with E-state index in [1.807, 2.05) is 4.90 Å². The maximum Gasteiger partial charge on any atom is 0.332 e. The van der Waals surface area contributed by atoms with E-state index in [0.29, 0.717) is 12.0 Å². The minimum atomic E-state index is -1.42. The molecule has 0 aromatic carbocycles. The molecule has 1 fully saturated rings. The summed E-state index contributed by atoms with van der Waals surface area (Å²) in [5.74, 6) is -0.716. The van der Waals surface area contributed by atoms with Crippen LogP contribution < -0.4 is 5.32 Å². The molecule has 0 spiro atoms. The lowest BCUT2D eigenvalue weighted by Gasteiger charge is -2.30. The molecule has 0 bridgehead atoms. The topological polar surface area (TPSA) is 89.9 Å². The first kappa shape index (κ1) is 17.8. The van der Waals surface area contributed by atoms with Crippen molar-refractivity contribution in [2.45, 2.75) is 64.5 Å². The Labute approximate surface area is 126 Å². The number of aliphatic hydroxyl groups excluding tert-OH is 1. The maximum atomic E-state index is 12.3. The summed E-state index contributed by atoms with van der Waals surface area (Å²) in [4.78, 5) is 24.7. The van der Waals surface area contributed by atoms with E-state index in [1.54, 1.807) is 0 Å². The van der Waals surface area contributed by atoms with Crippen LogP contribution in [0.15, 0.2) is 0 Å². The minimum absolute atomic E-state index is 0.0315. The van der Waals surface area contributed by atoms with Crippen molar-refractivity contribution in [3.8, 4) is 0 Å². The van der Waals surface area contributed by atoms with E-state index in [2.05, 4.69) is 19.2 Å². The molecule has 3 N–H and O–H groups in total. The van der Waals surface area contributed by atoms with Gasteiger partial charge in [-0.2, -0.15) is 0 Å². The van der Waals surface area contributed by atoms with E-state index in [1.165, 1.54) is 0 Å². The van der Waals surface area contributed by atoms with Gasteiger partial charge in [-0.3, -0.25) is 0 Å². The van der Waals surface area contributed by atoms with E-state index in [-0.39, 0.29) is 19.0 Å². The van der Waals surface area contributed by atoms with Gasteiger partial charge in [0.1, 0.15) is 0 Å². The summed E-state index contributed by atoms with van der Waals surface area (Å²) in [5.41, 5.74) is 0. The standard InChI is InChI=1S/C15H28N2O4/c1-11(2)8-10-17(12-5-3-4-6-12)15(21)16-9-7-13(18)14(19)20/h11-13,18H,3-10H2,1-2H3,(H,16,21)(H,19,20). The van der Waals surface area contributed by atoms with Crippen LogP contribution in [-0.4, -0.2) is 52.3 Å². The molecule has 1 saturated carbocycles. The molecule has 122 valence electrons. The molecule has 21 heavy (non-hydrogen) atoms. The van der Waals surface area contributed by atoms with Crippen molar-refractivity contribution >= 4 is 12.0 Å². The number of nitrogens with one attached hydrogen (secondary N) is 1. The number of aliphatic carboxylic acids is 1. The van der Waals surface area contributed by atoms with Gasteiger partial charge < -0.3 is 20.4 Å². The van der Waals surface area contributed by atoms with Gasteiger partial charge in [0, 0.05) is 25.6 Å². The molecular weight excluding hydrogens is 272 g/mol. The molecule has 0 aromatic rings. The van der Waals surface area contributed by atoms with Crippen LogP contribution in [0.3, 0.4) is 0 Å². The van der Waals surface area contributed by atoms with Crippen LogP contribution in [0, 0.1) is 5.92 Å². The van der Waals surface area contributed by atoms with Gasteiger partial charge >= 0.3 is 12.0 Å². The number of hydrogen-bond acceptors (Lipinski definition) is 3. The first-order valence-corrected chi connectivity index (χ1v) is 7.87.